The summed E-state index contributed by atoms with van der Waals surface area (Å²) in [6, 6.07) is 6.52. The summed E-state index contributed by atoms with van der Waals surface area (Å²) >= 11 is 3.36. The molecule has 1 atom stereocenters. The zero-order chi connectivity index (χ0) is 19.3. The zero-order valence-corrected chi connectivity index (χ0v) is 16.5. The summed E-state index contributed by atoms with van der Waals surface area (Å²) in [5.74, 6) is -0.313. The van der Waals surface area contributed by atoms with Gasteiger partial charge in [-0.2, -0.15) is 0 Å². The highest BCUT2D eigenvalue weighted by atomic mass is 79.9. The third kappa shape index (κ3) is 6.01. The van der Waals surface area contributed by atoms with Gasteiger partial charge in [0.1, 0.15) is 17.9 Å². The number of benzene rings is 1. The van der Waals surface area contributed by atoms with Crippen molar-refractivity contribution in [3.05, 3.63) is 28.7 Å². The molecule has 0 saturated carbocycles. The number of carbonyl (C=O) groups excluding carboxylic acids is 3. The molecule has 1 heterocycles. The Morgan fingerprint density at radius 1 is 1.23 bits per heavy atom. The maximum absolute atomic E-state index is 12.6. The van der Waals surface area contributed by atoms with Crippen LogP contribution in [0.3, 0.4) is 0 Å². The van der Waals surface area contributed by atoms with Crippen LogP contribution in [-0.4, -0.2) is 47.9 Å². The van der Waals surface area contributed by atoms with E-state index in [-0.39, 0.29) is 36.7 Å². The summed E-state index contributed by atoms with van der Waals surface area (Å²) in [5, 5.41) is 2.62. The predicted octanol–water partition coefficient (Wildman–Crippen LogP) is 1.44. The molecule has 142 valence electrons. The van der Waals surface area contributed by atoms with E-state index in [1.807, 2.05) is 38.1 Å². The topological polar surface area (TPSA) is 102 Å². The van der Waals surface area contributed by atoms with E-state index >= 15 is 0 Å². The van der Waals surface area contributed by atoms with Crippen LogP contribution in [-0.2, 0) is 14.4 Å². The Morgan fingerprint density at radius 2 is 1.85 bits per heavy atom. The number of carbonyl (C=O) groups is 3. The number of halogens is 1. The largest absolute Gasteiger partial charge is 0.487 e. The summed E-state index contributed by atoms with van der Waals surface area (Å²) in [4.78, 5) is 37.3. The minimum atomic E-state index is -0.924. The SMILES string of the molecule is CC(C)CC(=O)NC(CC(N)=O)C(=O)N1CC(Oc2ccc(Br)cc2)C1. The second-order valence-electron chi connectivity index (χ2n) is 6.83. The van der Waals surface area contributed by atoms with E-state index in [1.165, 1.54) is 0 Å². The van der Waals surface area contributed by atoms with Crippen molar-refractivity contribution in [2.45, 2.75) is 38.8 Å². The van der Waals surface area contributed by atoms with E-state index in [1.54, 1.807) is 4.90 Å². The quantitative estimate of drug-likeness (QED) is 0.657. The Balaban J connectivity index is 1.87. The molecule has 0 spiro atoms. The molecule has 1 unspecified atom stereocenters. The van der Waals surface area contributed by atoms with Gasteiger partial charge in [-0.15, -0.1) is 0 Å². The molecule has 8 heteroatoms. The first kappa shape index (κ1) is 20.2. The van der Waals surface area contributed by atoms with Gasteiger partial charge in [-0.3, -0.25) is 14.4 Å². The van der Waals surface area contributed by atoms with Crippen LogP contribution in [0.4, 0.5) is 0 Å². The minimum absolute atomic E-state index is 0.110. The molecular weight excluding hydrogens is 402 g/mol. The molecule has 1 aliphatic rings. The lowest BCUT2D eigenvalue weighted by Gasteiger charge is -2.40. The molecule has 0 aromatic heterocycles. The van der Waals surface area contributed by atoms with Crippen molar-refractivity contribution in [1.29, 1.82) is 0 Å². The summed E-state index contributed by atoms with van der Waals surface area (Å²) < 4.78 is 6.75. The second kappa shape index (κ2) is 9.02. The first-order valence-corrected chi connectivity index (χ1v) is 9.32. The lowest BCUT2D eigenvalue weighted by Crippen LogP contribution is -2.61. The van der Waals surface area contributed by atoms with E-state index in [0.29, 0.717) is 13.1 Å². The third-order valence-corrected chi connectivity index (χ3v) is 4.44. The normalized spacial score (nSPS) is 15.3. The number of hydrogen-bond acceptors (Lipinski definition) is 4. The Morgan fingerprint density at radius 3 is 2.38 bits per heavy atom. The molecule has 0 aliphatic carbocycles. The van der Waals surface area contributed by atoms with Crippen LogP contribution in [0.1, 0.15) is 26.7 Å². The van der Waals surface area contributed by atoms with Gasteiger partial charge in [-0.1, -0.05) is 29.8 Å². The number of hydrogen-bond donors (Lipinski definition) is 2. The molecule has 1 aromatic rings. The Labute approximate surface area is 161 Å². The molecule has 7 nitrogen and oxygen atoms in total. The molecule has 3 amide bonds. The van der Waals surface area contributed by atoms with Gasteiger partial charge in [0, 0.05) is 10.9 Å². The third-order valence-electron chi connectivity index (χ3n) is 3.91. The van der Waals surface area contributed by atoms with Crippen LogP contribution in [0.5, 0.6) is 5.75 Å². The van der Waals surface area contributed by atoms with Gasteiger partial charge in [0.05, 0.1) is 19.5 Å². The van der Waals surface area contributed by atoms with Crippen LogP contribution in [0.25, 0.3) is 0 Å². The maximum atomic E-state index is 12.6. The second-order valence-corrected chi connectivity index (χ2v) is 7.74. The number of primary amides is 1. The highest BCUT2D eigenvalue weighted by Crippen LogP contribution is 2.21. The maximum Gasteiger partial charge on any atom is 0.245 e. The molecule has 2 rings (SSSR count). The zero-order valence-electron chi connectivity index (χ0n) is 14.9. The first-order chi connectivity index (χ1) is 12.2. The number of ether oxygens (including phenoxy) is 1. The van der Waals surface area contributed by atoms with Gasteiger partial charge in [0.25, 0.3) is 0 Å². The number of nitrogens with two attached hydrogens (primary N) is 1. The van der Waals surface area contributed by atoms with Gasteiger partial charge < -0.3 is 20.7 Å². The van der Waals surface area contributed by atoms with E-state index in [0.717, 1.165) is 10.2 Å². The van der Waals surface area contributed by atoms with Crippen molar-refractivity contribution in [3.8, 4) is 5.75 Å². The number of rotatable bonds is 8. The molecule has 1 aromatic carbocycles. The summed E-state index contributed by atoms with van der Waals surface area (Å²) in [7, 11) is 0. The number of amides is 3. The van der Waals surface area contributed by atoms with Crippen LogP contribution in [0.2, 0.25) is 0 Å². The minimum Gasteiger partial charge on any atom is -0.487 e. The van der Waals surface area contributed by atoms with Crippen molar-refractivity contribution >= 4 is 33.7 Å². The lowest BCUT2D eigenvalue weighted by molar-refractivity contribution is -0.145. The molecule has 1 fully saturated rings. The van der Waals surface area contributed by atoms with Crippen molar-refractivity contribution in [2.24, 2.45) is 11.7 Å². The Hall–Kier alpha value is -2.09. The molecule has 0 bridgehead atoms. The number of nitrogens with zero attached hydrogens (tertiary/aromatic N) is 1. The monoisotopic (exact) mass is 425 g/mol. The molecule has 3 N–H and O–H groups in total. The highest BCUT2D eigenvalue weighted by molar-refractivity contribution is 9.10. The average molecular weight is 426 g/mol. The lowest BCUT2D eigenvalue weighted by atomic mass is 10.1. The Kier molecular flexibility index (Phi) is 7.02. The molecule has 26 heavy (non-hydrogen) atoms. The molecule has 1 saturated heterocycles. The summed E-state index contributed by atoms with van der Waals surface area (Å²) in [6.45, 7) is 4.63. The summed E-state index contributed by atoms with van der Waals surface area (Å²) in [6.07, 6.45) is -0.0318. The highest BCUT2D eigenvalue weighted by Gasteiger charge is 2.37. The standard InChI is InChI=1S/C18H24BrN3O4/c1-11(2)7-17(24)21-15(8-16(20)23)18(25)22-9-14(10-22)26-13-5-3-12(19)4-6-13/h3-6,11,14-15H,7-10H2,1-2H3,(H2,20,23)(H,21,24). The number of nitrogens with one attached hydrogen (secondary N) is 1. The van der Waals surface area contributed by atoms with Crippen LogP contribution in [0, 0.1) is 5.92 Å². The fraction of sp³-hybridized carbons (Fsp3) is 0.500. The van der Waals surface area contributed by atoms with Gasteiger partial charge in [-0.25, -0.2) is 0 Å². The number of likely N-dealkylation sites (tertiary alicyclic amines) is 1. The van der Waals surface area contributed by atoms with Gasteiger partial charge >= 0.3 is 0 Å². The van der Waals surface area contributed by atoms with Crippen molar-refractivity contribution in [3.63, 3.8) is 0 Å². The van der Waals surface area contributed by atoms with E-state index in [2.05, 4.69) is 21.2 Å². The van der Waals surface area contributed by atoms with E-state index < -0.39 is 11.9 Å². The first-order valence-electron chi connectivity index (χ1n) is 8.53. The van der Waals surface area contributed by atoms with E-state index in [9.17, 15) is 14.4 Å². The van der Waals surface area contributed by atoms with Gasteiger partial charge in [-0.05, 0) is 30.2 Å². The van der Waals surface area contributed by atoms with Crippen LogP contribution < -0.4 is 15.8 Å². The molecule has 1 aliphatic heterocycles. The fourth-order valence-electron chi connectivity index (χ4n) is 2.64. The molecule has 0 radical (unpaired) electrons. The predicted molar refractivity (Wildman–Crippen MR) is 100 cm³/mol. The summed E-state index contributed by atoms with van der Waals surface area (Å²) in [5.41, 5.74) is 5.22. The fourth-order valence-corrected chi connectivity index (χ4v) is 2.91. The van der Waals surface area contributed by atoms with Gasteiger partial charge in [0.15, 0.2) is 0 Å². The van der Waals surface area contributed by atoms with Crippen molar-refractivity contribution in [2.75, 3.05) is 13.1 Å². The van der Waals surface area contributed by atoms with Gasteiger partial charge in [0.2, 0.25) is 17.7 Å². The van der Waals surface area contributed by atoms with Crippen LogP contribution in [0.15, 0.2) is 28.7 Å². The van der Waals surface area contributed by atoms with Crippen molar-refractivity contribution < 1.29 is 19.1 Å². The smallest absolute Gasteiger partial charge is 0.245 e. The Bertz CT molecular complexity index is 657. The van der Waals surface area contributed by atoms with Crippen molar-refractivity contribution in [1.82, 2.24) is 10.2 Å². The molecular formula is C18H24BrN3O4. The van der Waals surface area contributed by atoms with E-state index in [4.69, 9.17) is 10.5 Å². The van der Waals surface area contributed by atoms with Crippen LogP contribution >= 0.6 is 15.9 Å². The average Bonchev–Trinajstić information content (AvgIpc) is 2.49.